The van der Waals surface area contributed by atoms with Crippen LogP contribution < -0.4 is 4.74 Å². The summed E-state index contributed by atoms with van der Waals surface area (Å²) in [6, 6.07) is 64.0. The van der Waals surface area contributed by atoms with Crippen LogP contribution in [0.3, 0.4) is 0 Å². The zero-order valence-corrected chi connectivity index (χ0v) is 29.1. The van der Waals surface area contributed by atoms with Crippen LogP contribution in [0.1, 0.15) is 22.3 Å². The molecule has 0 atom stereocenters. The maximum atomic E-state index is 6.90. The van der Waals surface area contributed by atoms with E-state index in [1.54, 1.807) is 0 Å². The van der Waals surface area contributed by atoms with E-state index in [-0.39, 0.29) is 0 Å². The zero-order valence-electron chi connectivity index (χ0n) is 29.1. The van der Waals surface area contributed by atoms with Gasteiger partial charge in [0.05, 0.1) is 22.3 Å². The van der Waals surface area contributed by atoms with Crippen molar-refractivity contribution >= 4 is 10.9 Å². The molecule has 2 aromatic heterocycles. The maximum absolute atomic E-state index is 6.90. The molecule has 1 aliphatic heterocycles. The SMILES string of the molecule is c1ccc(-c2cc(-c3ccc4c(c3)C3(c5cc(-c6cccc7cccnc67)ccc5O4)c4ccccc4-c4ccccc43)nc(-c3ccccc3)n2)cc1. The second kappa shape index (κ2) is 11.9. The van der Waals surface area contributed by atoms with Crippen LogP contribution in [0.15, 0.2) is 188 Å². The summed E-state index contributed by atoms with van der Waals surface area (Å²) in [5.74, 6) is 2.36. The molecule has 1 spiro atoms. The van der Waals surface area contributed by atoms with Gasteiger partial charge >= 0.3 is 0 Å². The molecule has 0 saturated carbocycles. The Bertz CT molecular complexity index is 2810. The van der Waals surface area contributed by atoms with Gasteiger partial charge in [0.25, 0.3) is 0 Å². The van der Waals surface area contributed by atoms with E-state index in [0.29, 0.717) is 5.82 Å². The molecule has 4 heteroatoms. The van der Waals surface area contributed by atoms with Crippen LogP contribution in [0.5, 0.6) is 11.5 Å². The lowest BCUT2D eigenvalue weighted by Gasteiger charge is -2.40. The minimum atomic E-state index is -0.655. The Labute approximate surface area is 313 Å². The quantitative estimate of drug-likeness (QED) is 0.185. The molecule has 7 aromatic carbocycles. The van der Waals surface area contributed by atoms with Gasteiger partial charge in [0.2, 0.25) is 0 Å². The third kappa shape index (κ3) is 4.53. The predicted octanol–water partition coefficient (Wildman–Crippen LogP) is 12.2. The van der Waals surface area contributed by atoms with E-state index in [1.165, 1.54) is 22.3 Å². The molecular formula is C50H31N3O. The first kappa shape index (κ1) is 30.5. The van der Waals surface area contributed by atoms with Gasteiger partial charge in [-0.25, -0.2) is 9.97 Å². The summed E-state index contributed by atoms with van der Waals surface area (Å²) in [7, 11) is 0. The molecule has 0 bridgehead atoms. The highest BCUT2D eigenvalue weighted by Crippen LogP contribution is 2.62. The second-order valence-corrected chi connectivity index (χ2v) is 13.9. The summed E-state index contributed by atoms with van der Waals surface area (Å²) < 4.78 is 6.90. The Morgan fingerprint density at radius 2 is 0.944 bits per heavy atom. The molecule has 9 aromatic rings. The van der Waals surface area contributed by atoms with Gasteiger partial charge in [-0.1, -0.05) is 140 Å². The fourth-order valence-corrected chi connectivity index (χ4v) is 8.64. The van der Waals surface area contributed by atoms with Crippen molar-refractivity contribution in [3.05, 3.63) is 210 Å². The van der Waals surface area contributed by atoms with E-state index in [9.17, 15) is 0 Å². The number of ether oxygens (including phenoxy) is 1. The van der Waals surface area contributed by atoms with Crippen LogP contribution in [-0.2, 0) is 5.41 Å². The molecule has 3 heterocycles. The average Bonchev–Trinajstić information content (AvgIpc) is 3.54. The first-order valence-electron chi connectivity index (χ1n) is 18.3. The van der Waals surface area contributed by atoms with Crippen molar-refractivity contribution in [2.24, 2.45) is 0 Å². The summed E-state index contributed by atoms with van der Waals surface area (Å²) in [6.45, 7) is 0. The van der Waals surface area contributed by atoms with E-state index in [1.807, 2.05) is 48.7 Å². The van der Waals surface area contributed by atoms with Gasteiger partial charge in [-0.05, 0) is 70.3 Å². The van der Waals surface area contributed by atoms with Crippen LogP contribution in [0, 0.1) is 0 Å². The van der Waals surface area contributed by atoms with Crippen LogP contribution in [0.25, 0.3) is 67.1 Å². The van der Waals surface area contributed by atoms with Crippen molar-refractivity contribution in [2.45, 2.75) is 5.41 Å². The van der Waals surface area contributed by atoms with Crippen molar-refractivity contribution in [1.82, 2.24) is 15.0 Å². The van der Waals surface area contributed by atoms with Gasteiger partial charge in [-0.3, -0.25) is 4.98 Å². The highest BCUT2D eigenvalue weighted by atomic mass is 16.5. The van der Waals surface area contributed by atoms with Crippen LogP contribution in [0.2, 0.25) is 0 Å². The van der Waals surface area contributed by atoms with Gasteiger partial charge in [-0.2, -0.15) is 0 Å². The fourth-order valence-electron chi connectivity index (χ4n) is 8.64. The van der Waals surface area contributed by atoms with E-state index >= 15 is 0 Å². The second-order valence-electron chi connectivity index (χ2n) is 13.9. The topological polar surface area (TPSA) is 47.9 Å². The van der Waals surface area contributed by atoms with Crippen LogP contribution in [-0.4, -0.2) is 15.0 Å². The summed E-state index contributed by atoms with van der Waals surface area (Å²) in [5, 5.41) is 1.11. The van der Waals surface area contributed by atoms with E-state index in [4.69, 9.17) is 19.7 Å². The number of para-hydroxylation sites is 1. The molecule has 2 aliphatic rings. The molecule has 0 unspecified atom stereocenters. The highest BCUT2D eigenvalue weighted by Gasteiger charge is 2.51. The normalized spacial score (nSPS) is 13.1. The lowest BCUT2D eigenvalue weighted by molar-refractivity contribution is 0.436. The maximum Gasteiger partial charge on any atom is 0.160 e. The third-order valence-corrected chi connectivity index (χ3v) is 11.0. The minimum absolute atomic E-state index is 0.655. The van der Waals surface area contributed by atoms with E-state index < -0.39 is 5.41 Å². The summed E-state index contributed by atoms with van der Waals surface area (Å²) in [6.07, 6.45) is 1.87. The molecular weight excluding hydrogens is 659 g/mol. The lowest BCUT2D eigenvalue weighted by Crippen LogP contribution is -2.32. The smallest absolute Gasteiger partial charge is 0.160 e. The Morgan fingerprint density at radius 3 is 1.65 bits per heavy atom. The molecule has 0 saturated heterocycles. The monoisotopic (exact) mass is 689 g/mol. The standard InChI is InChI=1S/C50H31N3O/c1-3-13-32(14-4-1)44-31-45(53-49(52-44)34-15-5-2-6-16-34)36-25-27-47-43(30-36)50(40-22-9-7-19-38(40)39-20-8-10-23-41(39)50)42-29-35(24-26-46(42)54-47)37-21-11-17-33-18-12-28-51-48(33)37/h1-31H. The molecule has 1 aliphatic carbocycles. The largest absolute Gasteiger partial charge is 0.457 e. The van der Waals surface area contributed by atoms with Crippen molar-refractivity contribution < 1.29 is 4.74 Å². The Morgan fingerprint density at radius 1 is 0.389 bits per heavy atom. The first-order valence-corrected chi connectivity index (χ1v) is 18.3. The molecule has 0 radical (unpaired) electrons. The minimum Gasteiger partial charge on any atom is -0.457 e. The molecule has 0 amide bonds. The first-order chi connectivity index (χ1) is 26.8. The molecule has 4 nitrogen and oxygen atoms in total. The molecule has 0 N–H and O–H groups in total. The number of nitrogens with zero attached hydrogens (tertiary/aromatic N) is 3. The molecule has 54 heavy (non-hydrogen) atoms. The van der Waals surface area contributed by atoms with Gasteiger partial charge in [0, 0.05) is 45.0 Å². The summed E-state index contributed by atoms with van der Waals surface area (Å²) >= 11 is 0. The summed E-state index contributed by atoms with van der Waals surface area (Å²) in [5.41, 5.74) is 14.4. The van der Waals surface area contributed by atoms with Gasteiger partial charge in [0.1, 0.15) is 11.5 Å². The van der Waals surface area contributed by atoms with E-state index in [0.717, 1.165) is 72.7 Å². The number of rotatable bonds is 4. The number of aromatic nitrogens is 3. The van der Waals surface area contributed by atoms with Crippen molar-refractivity contribution in [2.75, 3.05) is 0 Å². The number of benzene rings is 7. The average molecular weight is 690 g/mol. The summed E-state index contributed by atoms with van der Waals surface area (Å²) in [4.78, 5) is 15.1. The molecule has 0 fully saturated rings. The van der Waals surface area contributed by atoms with Crippen LogP contribution in [0.4, 0.5) is 0 Å². The fraction of sp³-hybridized carbons (Fsp3) is 0.0200. The van der Waals surface area contributed by atoms with Gasteiger partial charge in [0.15, 0.2) is 5.82 Å². The van der Waals surface area contributed by atoms with E-state index in [2.05, 4.69) is 140 Å². The third-order valence-electron chi connectivity index (χ3n) is 11.0. The van der Waals surface area contributed by atoms with Crippen LogP contribution >= 0.6 is 0 Å². The van der Waals surface area contributed by atoms with Crippen molar-refractivity contribution in [3.8, 4) is 67.7 Å². The molecule has 11 rings (SSSR count). The number of pyridine rings is 1. The van der Waals surface area contributed by atoms with Gasteiger partial charge < -0.3 is 4.74 Å². The molecule has 252 valence electrons. The predicted molar refractivity (Wildman–Crippen MR) is 216 cm³/mol. The Hall–Kier alpha value is -7.17. The highest BCUT2D eigenvalue weighted by molar-refractivity contribution is 5.95. The Balaban J connectivity index is 1.19. The zero-order chi connectivity index (χ0) is 35.6. The van der Waals surface area contributed by atoms with Gasteiger partial charge in [-0.15, -0.1) is 0 Å². The lowest BCUT2D eigenvalue weighted by atomic mass is 9.65. The number of fused-ring (bicyclic) bond motifs is 10. The van der Waals surface area contributed by atoms with Crippen molar-refractivity contribution in [3.63, 3.8) is 0 Å². The Kier molecular flexibility index (Phi) is 6.73. The number of hydrogen-bond donors (Lipinski definition) is 0. The number of hydrogen-bond acceptors (Lipinski definition) is 4. The van der Waals surface area contributed by atoms with Crippen molar-refractivity contribution in [1.29, 1.82) is 0 Å².